The number of anilines is 1. The van der Waals surface area contributed by atoms with Crippen molar-refractivity contribution in [1.82, 2.24) is 4.98 Å². The maximum atomic E-state index is 12.7. The first-order chi connectivity index (χ1) is 12.7. The highest BCUT2D eigenvalue weighted by Crippen LogP contribution is 2.30. The number of amides is 1. The molecular formula is C21H20N2O3. The van der Waals surface area contributed by atoms with Gasteiger partial charge in [0.05, 0.1) is 12.7 Å². The number of carbonyl (C=O) groups is 2. The van der Waals surface area contributed by atoms with Crippen molar-refractivity contribution < 1.29 is 14.3 Å². The fourth-order valence-corrected chi connectivity index (χ4v) is 3.62. The lowest BCUT2D eigenvalue weighted by atomic mass is 10.1. The summed E-state index contributed by atoms with van der Waals surface area (Å²) < 4.78 is 4.76. The molecule has 0 aliphatic carbocycles. The second-order valence-electron chi connectivity index (χ2n) is 6.49. The Hall–Kier alpha value is -3.08. The van der Waals surface area contributed by atoms with E-state index in [4.69, 9.17) is 4.74 Å². The highest BCUT2D eigenvalue weighted by atomic mass is 16.5. The van der Waals surface area contributed by atoms with Crippen LogP contribution in [0.5, 0.6) is 0 Å². The molecule has 0 radical (unpaired) electrons. The zero-order valence-electron chi connectivity index (χ0n) is 14.6. The number of nitrogens with one attached hydrogen (secondary N) is 1. The molecule has 1 aliphatic rings. The fourth-order valence-electron chi connectivity index (χ4n) is 3.62. The third kappa shape index (κ3) is 2.86. The molecule has 132 valence electrons. The third-order valence-corrected chi connectivity index (χ3v) is 4.98. The van der Waals surface area contributed by atoms with Crippen LogP contribution in [0.1, 0.15) is 27.9 Å². The number of H-pyrrole nitrogens is 1. The van der Waals surface area contributed by atoms with Gasteiger partial charge in [-0.15, -0.1) is 0 Å². The molecule has 4 rings (SSSR count). The van der Waals surface area contributed by atoms with Crippen molar-refractivity contribution in [2.75, 3.05) is 18.6 Å². The van der Waals surface area contributed by atoms with Gasteiger partial charge in [0.2, 0.25) is 5.91 Å². The quantitative estimate of drug-likeness (QED) is 0.734. The Morgan fingerprint density at radius 1 is 1.19 bits per heavy atom. The molecule has 2 heterocycles. The van der Waals surface area contributed by atoms with E-state index in [1.807, 2.05) is 41.4 Å². The molecule has 0 spiro atoms. The number of carbonyl (C=O) groups excluding carboxylic acids is 2. The Bertz CT molecular complexity index is 990. The molecule has 5 nitrogen and oxygen atoms in total. The Morgan fingerprint density at radius 2 is 2.04 bits per heavy atom. The van der Waals surface area contributed by atoms with Gasteiger partial charge in [-0.1, -0.05) is 18.2 Å². The van der Waals surface area contributed by atoms with Crippen LogP contribution in [-0.2, 0) is 22.4 Å². The molecule has 1 aliphatic heterocycles. The predicted octanol–water partition coefficient (Wildman–Crippen LogP) is 3.48. The largest absolute Gasteiger partial charge is 0.465 e. The fraction of sp³-hybridized carbons (Fsp3) is 0.238. The maximum absolute atomic E-state index is 12.7. The minimum atomic E-state index is -0.350. The smallest absolute Gasteiger partial charge is 0.337 e. The van der Waals surface area contributed by atoms with Crippen molar-refractivity contribution in [3.05, 3.63) is 65.4 Å². The summed E-state index contributed by atoms with van der Waals surface area (Å²) >= 11 is 0. The molecule has 0 saturated heterocycles. The van der Waals surface area contributed by atoms with Crippen molar-refractivity contribution in [2.45, 2.75) is 19.3 Å². The number of hydrogen-bond acceptors (Lipinski definition) is 3. The number of esters is 1. The number of hydrogen-bond donors (Lipinski definition) is 1. The molecular weight excluding hydrogens is 328 g/mol. The van der Waals surface area contributed by atoms with E-state index >= 15 is 0 Å². The minimum Gasteiger partial charge on any atom is -0.465 e. The normalized spacial score (nSPS) is 13.0. The van der Waals surface area contributed by atoms with Crippen LogP contribution in [0, 0.1) is 0 Å². The predicted molar refractivity (Wildman–Crippen MR) is 100 cm³/mol. The topological polar surface area (TPSA) is 62.4 Å². The summed E-state index contributed by atoms with van der Waals surface area (Å²) in [6.45, 7) is 0.659. The summed E-state index contributed by atoms with van der Waals surface area (Å²) in [5, 5.41) is 1.17. The van der Waals surface area contributed by atoms with E-state index in [0.29, 0.717) is 24.9 Å². The molecule has 1 N–H and O–H groups in total. The highest BCUT2D eigenvalue weighted by molar-refractivity contribution is 5.97. The number of para-hydroxylation sites is 1. The Morgan fingerprint density at radius 3 is 2.88 bits per heavy atom. The van der Waals surface area contributed by atoms with Crippen LogP contribution < -0.4 is 4.90 Å². The number of aryl methyl sites for hydroxylation is 1. The van der Waals surface area contributed by atoms with Crippen molar-refractivity contribution in [1.29, 1.82) is 0 Å². The number of nitrogens with zero attached hydrogens (tertiary/aromatic N) is 1. The van der Waals surface area contributed by atoms with E-state index in [9.17, 15) is 9.59 Å². The second-order valence-corrected chi connectivity index (χ2v) is 6.49. The lowest BCUT2D eigenvalue weighted by Gasteiger charge is -2.17. The molecule has 3 aromatic rings. The van der Waals surface area contributed by atoms with E-state index in [-0.39, 0.29) is 11.9 Å². The monoisotopic (exact) mass is 348 g/mol. The van der Waals surface area contributed by atoms with Gasteiger partial charge in [0.1, 0.15) is 0 Å². The zero-order chi connectivity index (χ0) is 18.1. The average molecular weight is 348 g/mol. The standard InChI is InChI=1S/C21H20N2O3/c1-26-21(25)15-6-8-19-14(12-15)10-11-23(19)20(24)9-7-16-13-22-18-5-3-2-4-17(16)18/h2-6,8,12-13,22H,7,9-11H2,1H3. The van der Waals surface area contributed by atoms with Crippen molar-refractivity contribution >= 4 is 28.5 Å². The van der Waals surface area contributed by atoms with Crippen molar-refractivity contribution in [2.24, 2.45) is 0 Å². The molecule has 0 unspecified atom stereocenters. The van der Waals surface area contributed by atoms with Gasteiger partial charge in [0.15, 0.2) is 0 Å². The minimum absolute atomic E-state index is 0.111. The van der Waals surface area contributed by atoms with Gasteiger partial charge in [-0.2, -0.15) is 0 Å². The number of benzene rings is 2. The average Bonchev–Trinajstić information content (AvgIpc) is 3.29. The number of fused-ring (bicyclic) bond motifs is 2. The van der Waals surface area contributed by atoms with Crippen molar-refractivity contribution in [3.63, 3.8) is 0 Å². The van der Waals surface area contributed by atoms with Crippen LogP contribution in [0.4, 0.5) is 5.69 Å². The Labute approximate surface area is 151 Å². The molecule has 0 fully saturated rings. The van der Waals surface area contributed by atoms with Crippen LogP contribution in [0.25, 0.3) is 10.9 Å². The van der Waals surface area contributed by atoms with E-state index in [2.05, 4.69) is 11.1 Å². The first kappa shape index (κ1) is 16.4. The Kier molecular flexibility index (Phi) is 4.21. The number of aromatic amines is 1. The number of methoxy groups -OCH3 is 1. The summed E-state index contributed by atoms with van der Waals surface area (Å²) in [5.74, 6) is -0.239. The maximum Gasteiger partial charge on any atom is 0.337 e. The lowest BCUT2D eigenvalue weighted by Crippen LogP contribution is -2.29. The van der Waals surface area contributed by atoms with Crippen molar-refractivity contribution in [3.8, 4) is 0 Å². The van der Waals surface area contributed by atoms with Gasteiger partial charge >= 0.3 is 5.97 Å². The molecule has 26 heavy (non-hydrogen) atoms. The summed E-state index contributed by atoms with van der Waals surface area (Å²) in [4.78, 5) is 29.5. The van der Waals surface area contributed by atoms with Crippen LogP contribution in [0.3, 0.4) is 0 Å². The third-order valence-electron chi connectivity index (χ3n) is 4.98. The molecule has 0 saturated carbocycles. The van der Waals surface area contributed by atoms with Crippen LogP contribution in [-0.4, -0.2) is 30.5 Å². The van der Waals surface area contributed by atoms with Gasteiger partial charge < -0.3 is 14.6 Å². The van der Waals surface area contributed by atoms with Gasteiger partial charge in [-0.3, -0.25) is 4.79 Å². The summed E-state index contributed by atoms with van der Waals surface area (Å²) in [6.07, 6.45) is 3.91. The number of rotatable bonds is 4. The van der Waals surface area contributed by atoms with E-state index in [1.54, 1.807) is 6.07 Å². The van der Waals surface area contributed by atoms with Crippen LogP contribution >= 0.6 is 0 Å². The summed E-state index contributed by atoms with van der Waals surface area (Å²) in [7, 11) is 1.37. The van der Waals surface area contributed by atoms with Gasteiger partial charge in [-0.05, 0) is 48.2 Å². The van der Waals surface area contributed by atoms with Gasteiger partial charge in [0.25, 0.3) is 0 Å². The van der Waals surface area contributed by atoms with Gasteiger partial charge in [-0.25, -0.2) is 4.79 Å². The van der Waals surface area contributed by atoms with E-state index < -0.39 is 0 Å². The first-order valence-electron chi connectivity index (χ1n) is 8.74. The molecule has 1 amide bonds. The zero-order valence-corrected chi connectivity index (χ0v) is 14.6. The van der Waals surface area contributed by atoms with E-state index in [0.717, 1.165) is 28.8 Å². The van der Waals surface area contributed by atoms with Crippen LogP contribution in [0.15, 0.2) is 48.7 Å². The molecule has 5 heteroatoms. The van der Waals surface area contributed by atoms with Crippen LogP contribution in [0.2, 0.25) is 0 Å². The number of ether oxygens (including phenoxy) is 1. The summed E-state index contributed by atoms with van der Waals surface area (Å²) in [6, 6.07) is 13.5. The molecule has 0 bridgehead atoms. The lowest BCUT2D eigenvalue weighted by molar-refractivity contribution is -0.118. The Balaban J connectivity index is 1.48. The first-order valence-corrected chi connectivity index (χ1v) is 8.74. The SMILES string of the molecule is COC(=O)c1ccc2c(c1)CCN2C(=O)CCc1c[nH]c2ccccc12. The number of aromatic nitrogens is 1. The highest BCUT2D eigenvalue weighted by Gasteiger charge is 2.25. The van der Waals surface area contributed by atoms with E-state index in [1.165, 1.54) is 12.5 Å². The molecule has 2 aromatic carbocycles. The van der Waals surface area contributed by atoms with Gasteiger partial charge in [0, 0.05) is 35.8 Å². The summed E-state index contributed by atoms with van der Waals surface area (Å²) in [5.41, 5.74) is 4.71. The second kappa shape index (κ2) is 6.67. The molecule has 1 aromatic heterocycles. The molecule has 0 atom stereocenters.